The highest BCUT2D eigenvalue weighted by atomic mass is 16.6. The molecule has 0 fully saturated rings. The van der Waals surface area contributed by atoms with Crippen LogP contribution in [0.2, 0.25) is 0 Å². The lowest BCUT2D eigenvalue weighted by Gasteiger charge is -2.15. The fourth-order valence-corrected chi connectivity index (χ4v) is 8.84. The maximum atomic E-state index is 12.3. The second-order valence-corrected chi connectivity index (χ2v) is 19.7. The van der Waals surface area contributed by atoms with Crippen molar-refractivity contribution in [2.75, 3.05) is 13.2 Å². The second kappa shape index (κ2) is 55.7. The molecule has 0 heterocycles. The third-order valence-corrected chi connectivity index (χ3v) is 13.2. The standard InChI is InChI=1S/C59H112O5/c1-3-5-7-9-11-13-15-17-18-19-20-21-22-23-24-25-26-27-28-29-30-31-32-33-34-35-36-37-38-39-40-42-44-46-48-50-52-54-59(62)64-57(55-60)56-63-58(61)53-51-49-47-45-43-41-16-14-12-10-8-6-4-2/h14,16,19-20,57,60H,3-13,15,17-18,21-56H2,1-2H3/b16-14-,20-19-. The van der Waals surface area contributed by atoms with E-state index in [0.717, 1.165) is 44.9 Å². The van der Waals surface area contributed by atoms with Crippen LogP contribution in [0.1, 0.15) is 322 Å². The lowest BCUT2D eigenvalue weighted by Crippen LogP contribution is -2.28. The fourth-order valence-electron chi connectivity index (χ4n) is 8.84. The molecule has 378 valence electrons. The van der Waals surface area contributed by atoms with Gasteiger partial charge in [0.05, 0.1) is 6.61 Å². The van der Waals surface area contributed by atoms with E-state index in [0.29, 0.717) is 12.8 Å². The molecule has 0 aromatic rings. The summed E-state index contributed by atoms with van der Waals surface area (Å²) < 4.78 is 10.7. The van der Waals surface area contributed by atoms with Crippen molar-refractivity contribution in [1.82, 2.24) is 0 Å². The van der Waals surface area contributed by atoms with Crippen LogP contribution in [-0.2, 0) is 19.1 Å². The van der Waals surface area contributed by atoms with Crippen molar-refractivity contribution >= 4 is 11.9 Å². The molecular formula is C59H112O5. The number of hydrogen-bond donors (Lipinski definition) is 1. The summed E-state index contributed by atoms with van der Waals surface area (Å²) in [5, 5.41) is 9.62. The van der Waals surface area contributed by atoms with Crippen molar-refractivity contribution in [3.8, 4) is 0 Å². The van der Waals surface area contributed by atoms with Gasteiger partial charge >= 0.3 is 11.9 Å². The molecule has 1 unspecified atom stereocenters. The molecule has 0 amide bonds. The Morgan fingerprint density at radius 2 is 0.578 bits per heavy atom. The quantitative estimate of drug-likeness (QED) is 0.0374. The summed E-state index contributed by atoms with van der Waals surface area (Å²) >= 11 is 0. The summed E-state index contributed by atoms with van der Waals surface area (Å²) in [6.07, 6.45) is 70.4. The van der Waals surface area contributed by atoms with E-state index in [-0.39, 0.29) is 25.2 Å². The molecular weight excluding hydrogens is 789 g/mol. The number of carbonyl (C=O) groups excluding carboxylic acids is 2. The van der Waals surface area contributed by atoms with E-state index in [9.17, 15) is 14.7 Å². The SMILES string of the molecule is CCCCCC/C=C\CCCCCCCC(=O)OCC(CO)OC(=O)CCCCCCCCCCCCCCCCCCCCCCCCCCC/C=C\CCCCCCCCCC. The van der Waals surface area contributed by atoms with E-state index >= 15 is 0 Å². The molecule has 0 spiro atoms. The van der Waals surface area contributed by atoms with Gasteiger partial charge in [-0.1, -0.05) is 269 Å². The molecule has 0 saturated carbocycles. The minimum atomic E-state index is -0.770. The molecule has 1 atom stereocenters. The number of carbonyl (C=O) groups is 2. The number of aliphatic hydroxyl groups is 1. The Balaban J connectivity index is 3.35. The third-order valence-electron chi connectivity index (χ3n) is 13.2. The van der Waals surface area contributed by atoms with Gasteiger partial charge in [-0.3, -0.25) is 9.59 Å². The lowest BCUT2D eigenvalue weighted by molar-refractivity contribution is -0.161. The number of unbranched alkanes of at least 4 members (excludes halogenated alkanes) is 42. The van der Waals surface area contributed by atoms with Gasteiger partial charge in [-0.25, -0.2) is 0 Å². The van der Waals surface area contributed by atoms with Crippen LogP contribution in [0.5, 0.6) is 0 Å². The van der Waals surface area contributed by atoms with E-state index in [2.05, 4.69) is 38.2 Å². The minimum Gasteiger partial charge on any atom is -0.462 e. The molecule has 0 radical (unpaired) electrons. The molecule has 5 heteroatoms. The number of hydrogen-bond acceptors (Lipinski definition) is 5. The first-order valence-electron chi connectivity index (χ1n) is 28.9. The van der Waals surface area contributed by atoms with Crippen molar-refractivity contribution < 1.29 is 24.2 Å². The lowest BCUT2D eigenvalue weighted by atomic mass is 10.0. The number of aliphatic hydroxyl groups excluding tert-OH is 1. The smallest absolute Gasteiger partial charge is 0.306 e. The zero-order valence-corrected chi connectivity index (χ0v) is 43.3. The van der Waals surface area contributed by atoms with Crippen LogP contribution in [-0.4, -0.2) is 36.4 Å². The molecule has 0 aliphatic heterocycles. The first kappa shape index (κ1) is 62.4. The molecule has 5 nitrogen and oxygen atoms in total. The molecule has 0 aromatic heterocycles. The summed E-state index contributed by atoms with van der Waals surface area (Å²) in [5.41, 5.74) is 0. The fraction of sp³-hybridized carbons (Fsp3) is 0.898. The highest BCUT2D eigenvalue weighted by Crippen LogP contribution is 2.17. The van der Waals surface area contributed by atoms with E-state index in [1.165, 1.54) is 250 Å². The summed E-state index contributed by atoms with van der Waals surface area (Å²) in [4.78, 5) is 24.4. The molecule has 0 rings (SSSR count). The molecule has 0 bridgehead atoms. The summed E-state index contributed by atoms with van der Waals surface area (Å²) in [7, 11) is 0. The summed E-state index contributed by atoms with van der Waals surface area (Å²) in [6.45, 7) is 4.15. The van der Waals surface area contributed by atoms with E-state index < -0.39 is 6.10 Å². The normalized spacial score (nSPS) is 12.2. The van der Waals surface area contributed by atoms with Gasteiger partial charge in [0.25, 0.3) is 0 Å². The van der Waals surface area contributed by atoms with Crippen LogP contribution in [0.4, 0.5) is 0 Å². The molecule has 1 N–H and O–H groups in total. The number of ether oxygens (including phenoxy) is 2. The Bertz CT molecular complexity index is 974. The Kier molecular flexibility index (Phi) is 54.3. The molecule has 0 aliphatic carbocycles. The third kappa shape index (κ3) is 53.0. The van der Waals surface area contributed by atoms with Crippen molar-refractivity contribution in [2.45, 2.75) is 328 Å². The zero-order valence-electron chi connectivity index (χ0n) is 43.3. The van der Waals surface area contributed by atoms with Gasteiger partial charge in [0.15, 0.2) is 6.10 Å². The van der Waals surface area contributed by atoms with Gasteiger partial charge in [-0.2, -0.15) is 0 Å². The van der Waals surface area contributed by atoms with Crippen LogP contribution in [0.15, 0.2) is 24.3 Å². The van der Waals surface area contributed by atoms with E-state index in [1.807, 2.05) is 0 Å². The highest BCUT2D eigenvalue weighted by molar-refractivity contribution is 5.70. The predicted molar refractivity (Wildman–Crippen MR) is 279 cm³/mol. The van der Waals surface area contributed by atoms with Crippen molar-refractivity contribution in [2.24, 2.45) is 0 Å². The average molecular weight is 902 g/mol. The first-order chi connectivity index (χ1) is 31.6. The molecule has 0 saturated heterocycles. The Hall–Kier alpha value is -1.62. The minimum absolute atomic E-state index is 0.0649. The van der Waals surface area contributed by atoms with Crippen LogP contribution < -0.4 is 0 Å². The Morgan fingerprint density at radius 3 is 0.859 bits per heavy atom. The highest BCUT2D eigenvalue weighted by Gasteiger charge is 2.16. The molecule has 0 aliphatic rings. The monoisotopic (exact) mass is 901 g/mol. The van der Waals surface area contributed by atoms with Gasteiger partial charge in [0.2, 0.25) is 0 Å². The van der Waals surface area contributed by atoms with Crippen molar-refractivity contribution in [1.29, 1.82) is 0 Å². The van der Waals surface area contributed by atoms with Gasteiger partial charge in [0, 0.05) is 12.8 Å². The van der Waals surface area contributed by atoms with E-state index in [1.54, 1.807) is 0 Å². The number of rotatable bonds is 54. The van der Waals surface area contributed by atoms with Crippen LogP contribution in [0, 0.1) is 0 Å². The van der Waals surface area contributed by atoms with Crippen molar-refractivity contribution in [3.63, 3.8) is 0 Å². The summed E-state index contributed by atoms with van der Waals surface area (Å²) in [6, 6.07) is 0. The maximum absolute atomic E-state index is 12.3. The van der Waals surface area contributed by atoms with Gasteiger partial charge in [-0.15, -0.1) is 0 Å². The van der Waals surface area contributed by atoms with Crippen LogP contribution >= 0.6 is 0 Å². The summed E-state index contributed by atoms with van der Waals surface area (Å²) in [5.74, 6) is -0.585. The molecule has 0 aromatic carbocycles. The predicted octanol–water partition coefficient (Wildman–Crippen LogP) is 19.3. The largest absolute Gasteiger partial charge is 0.462 e. The van der Waals surface area contributed by atoms with Gasteiger partial charge in [0.1, 0.15) is 6.61 Å². The first-order valence-corrected chi connectivity index (χ1v) is 28.9. The van der Waals surface area contributed by atoms with Crippen molar-refractivity contribution in [3.05, 3.63) is 24.3 Å². The van der Waals surface area contributed by atoms with E-state index in [4.69, 9.17) is 9.47 Å². The topological polar surface area (TPSA) is 72.8 Å². The van der Waals surface area contributed by atoms with Crippen LogP contribution in [0.3, 0.4) is 0 Å². The van der Waals surface area contributed by atoms with Crippen LogP contribution in [0.25, 0.3) is 0 Å². The average Bonchev–Trinajstić information content (AvgIpc) is 3.30. The van der Waals surface area contributed by atoms with Gasteiger partial charge in [-0.05, 0) is 64.2 Å². The molecule has 64 heavy (non-hydrogen) atoms. The zero-order chi connectivity index (χ0) is 46.3. The maximum Gasteiger partial charge on any atom is 0.306 e. The Morgan fingerprint density at radius 1 is 0.344 bits per heavy atom. The Labute approximate surface area is 400 Å². The van der Waals surface area contributed by atoms with Gasteiger partial charge < -0.3 is 14.6 Å². The number of allylic oxidation sites excluding steroid dienone is 4. The second-order valence-electron chi connectivity index (χ2n) is 19.7. The number of esters is 2.